The van der Waals surface area contributed by atoms with Gasteiger partial charge in [-0.1, -0.05) is 15.9 Å². The van der Waals surface area contributed by atoms with Crippen molar-refractivity contribution in [2.24, 2.45) is 5.10 Å². The number of piperidine rings is 1. The van der Waals surface area contributed by atoms with Gasteiger partial charge in [-0.3, -0.25) is 9.59 Å². The summed E-state index contributed by atoms with van der Waals surface area (Å²) in [6.45, 7) is 3.57. The highest BCUT2D eigenvalue weighted by Crippen LogP contribution is 2.35. The second-order valence-electron chi connectivity index (χ2n) is 7.52. The third-order valence-corrected chi connectivity index (χ3v) is 6.03. The third-order valence-electron chi connectivity index (χ3n) is 5.34. The number of hydrogen-bond acceptors (Lipinski definition) is 7. The summed E-state index contributed by atoms with van der Waals surface area (Å²) in [5.74, 6) is -1.36. The number of likely N-dealkylation sites (N-methyl/N-ethyl adjacent to an activating group) is 1. The third kappa shape index (κ3) is 5.03. The van der Waals surface area contributed by atoms with E-state index in [1.165, 1.54) is 7.05 Å². The summed E-state index contributed by atoms with van der Waals surface area (Å²) in [6.07, 6.45) is 0.382. The van der Waals surface area contributed by atoms with E-state index in [1.807, 2.05) is 6.92 Å². The van der Waals surface area contributed by atoms with Crippen LogP contribution in [0.4, 0.5) is 4.79 Å². The molecule has 0 radical (unpaired) electrons. The van der Waals surface area contributed by atoms with Crippen LogP contribution >= 0.6 is 15.9 Å². The molecule has 0 saturated carbocycles. The van der Waals surface area contributed by atoms with Crippen molar-refractivity contribution in [3.63, 3.8) is 0 Å². The number of amides is 3. The second kappa shape index (κ2) is 9.45. The van der Waals surface area contributed by atoms with Crippen LogP contribution in [0.15, 0.2) is 27.8 Å². The minimum absolute atomic E-state index is 0.232. The monoisotopic (exact) mass is 490 g/mol. The smallest absolute Gasteiger partial charge is 0.428 e. The van der Waals surface area contributed by atoms with Gasteiger partial charge < -0.3 is 20.3 Å². The predicted molar refractivity (Wildman–Crippen MR) is 115 cm³/mol. The molecular formula is C20H23BrN6O4. The standard InChI is InChI=1S/C20H23BrN6O4/c1-12(24-18(29)17(28)23-2)11-27-7-5-20(6-8-27)16(25-26-19(30)31-20)14-9-13(10-22)3-4-15(14)21/h3-4,9,12H,5-8,11H2,1-2H3,(H,23,28)(H,24,29)(H,26,30)/t12-/m0/s1. The summed E-state index contributed by atoms with van der Waals surface area (Å²) in [4.78, 5) is 37.3. The molecule has 31 heavy (non-hydrogen) atoms. The van der Waals surface area contributed by atoms with Gasteiger partial charge in [0, 0.05) is 55.6 Å². The first-order chi connectivity index (χ1) is 14.8. The highest BCUT2D eigenvalue weighted by molar-refractivity contribution is 9.10. The summed E-state index contributed by atoms with van der Waals surface area (Å²) in [7, 11) is 1.40. The fourth-order valence-electron chi connectivity index (χ4n) is 3.81. The predicted octanol–water partition coefficient (Wildman–Crippen LogP) is 0.850. The second-order valence-corrected chi connectivity index (χ2v) is 8.37. The van der Waals surface area contributed by atoms with Crippen molar-refractivity contribution in [2.75, 3.05) is 26.7 Å². The lowest BCUT2D eigenvalue weighted by molar-refractivity contribution is -0.139. The van der Waals surface area contributed by atoms with Crippen LogP contribution in [-0.4, -0.2) is 66.8 Å². The van der Waals surface area contributed by atoms with E-state index < -0.39 is 23.5 Å². The lowest BCUT2D eigenvalue weighted by Crippen LogP contribution is -2.57. The number of benzene rings is 1. The van der Waals surface area contributed by atoms with Crippen LogP contribution in [0.5, 0.6) is 0 Å². The molecule has 11 heteroatoms. The van der Waals surface area contributed by atoms with Crippen LogP contribution in [0.3, 0.4) is 0 Å². The molecule has 1 spiro atoms. The van der Waals surface area contributed by atoms with Crippen LogP contribution < -0.4 is 16.1 Å². The first kappa shape index (κ1) is 22.7. The zero-order valence-electron chi connectivity index (χ0n) is 17.2. The minimum Gasteiger partial charge on any atom is -0.435 e. The fraction of sp³-hybridized carbons (Fsp3) is 0.450. The van der Waals surface area contributed by atoms with E-state index in [4.69, 9.17) is 4.74 Å². The van der Waals surface area contributed by atoms with Gasteiger partial charge in [0.1, 0.15) is 5.71 Å². The van der Waals surface area contributed by atoms with E-state index in [2.05, 4.69) is 48.1 Å². The van der Waals surface area contributed by atoms with Gasteiger partial charge in [-0.25, -0.2) is 10.2 Å². The van der Waals surface area contributed by atoms with Gasteiger partial charge >= 0.3 is 17.9 Å². The Hall–Kier alpha value is -2.97. The van der Waals surface area contributed by atoms with Gasteiger partial charge in [0.15, 0.2) is 5.60 Å². The maximum Gasteiger partial charge on any atom is 0.428 e. The zero-order valence-corrected chi connectivity index (χ0v) is 18.8. The molecule has 3 rings (SSSR count). The molecule has 3 amide bonds. The van der Waals surface area contributed by atoms with Crippen LogP contribution in [0.2, 0.25) is 0 Å². The Kier molecular flexibility index (Phi) is 6.92. The summed E-state index contributed by atoms with van der Waals surface area (Å²) in [5, 5.41) is 18.5. The normalized spacial score (nSPS) is 18.8. The quantitative estimate of drug-likeness (QED) is 0.535. The lowest BCUT2D eigenvalue weighted by atomic mass is 9.82. The van der Waals surface area contributed by atoms with Crippen LogP contribution in [0.1, 0.15) is 30.9 Å². The number of ether oxygens (including phenoxy) is 1. The number of nitrogens with zero attached hydrogens (tertiary/aromatic N) is 3. The summed E-state index contributed by atoms with van der Waals surface area (Å²) in [6, 6.07) is 7.06. The number of rotatable bonds is 4. The number of nitriles is 1. The molecule has 0 aliphatic carbocycles. The number of likely N-dealkylation sites (tertiary alicyclic amines) is 1. The molecule has 0 bridgehead atoms. The topological polar surface area (TPSA) is 136 Å². The van der Waals surface area contributed by atoms with Crippen molar-refractivity contribution < 1.29 is 19.1 Å². The first-order valence-corrected chi connectivity index (χ1v) is 10.6. The lowest BCUT2D eigenvalue weighted by Gasteiger charge is -2.43. The average Bonchev–Trinajstić information content (AvgIpc) is 2.75. The van der Waals surface area contributed by atoms with Crippen molar-refractivity contribution in [3.8, 4) is 6.07 Å². The molecule has 1 fully saturated rings. The van der Waals surface area contributed by atoms with Gasteiger partial charge in [0.2, 0.25) is 0 Å². The van der Waals surface area contributed by atoms with Crippen LogP contribution in [0.25, 0.3) is 0 Å². The summed E-state index contributed by atoms with van der Waals surface area (Å²) in [5.41, 5.74) is 3.20. The van der Waals surface area contributed by atoms with E-state index in [0.717, 1.165) is 4.47 Å². The molecule has 1 atom stereocenters. The molecule has 1 aromatic carbocycles. The van der Waals surface area contributed by atoms with Gasteiger partial charge in [0.25, 0.3) is 0 Å². The van der Waals surface area contributed by atoms with Crippen molar-refractivity contribution >= 4 is 39.5 Å². The molecule has 2 aliphatic heterocycles. The van der Waals surface area contributed by atoms with Gasteiger partial charge in [-0.15, -0.1) is 0 Å². The molecule has 2 heterocycles. The zero-order chi connectivity index (χ0) is 22.6. The van der Waals surface area contributed by atoms with E-state index in [1.54, 1.807) is 18.2 Å². The number of halogens is 1. The molecule has 3 N–H and O–H groups in total. The van der Waals surface area contributed by atoms with Crippen molar-refractivity contribution in [1.82, 2.24) is 21.0 Å². The Morgan fingerprint density at radius 3 is 2.74 bits per heavy atom. The van der Waals surface area contributed by atoms with Gasteiger partial charge in [0.05, 0.1) is 11.6 Å². The largest absolute Gasteiger partial charge is 0.435 e. The van der Waals surface area contributed by atoms with E-state index in [0.29, 0.717) is 49.3 Å². The Morgan fingerprint density at radius 2 is 2.10 bits per heavy atom. The fourth-order valence-corrected chi connectivity index (χ4v) is 4.24. The van der Waals surface area contributed by atoms with Crippen molar-refractivity contribution in [1.29, 1.82) is 5.26 Å². The maximum atomic E-state index is 12.0. The average molecular weight is 491 g/mol. The molecule has 164 valence electrons. The molecule has 0 aromatic heterocycles. The number of hydrazone groups is 1. The summed E-state index contributed by atoms with van der Waals surface area (Å²) < 4.78 is 6.49. The van der Waals surface area contributed by atoms with Crippen LogP contribution in [-0.2, 0) is 14.3 Å². The summed E-state index contributed by atoms with van der Waals surface area (Å²) >= 11 is 3.50. The van der Waals surface area contributed by atoms with E-state index >= 15 is 0 Å². The number of carbonyl (C=O) groups excluding carboxylic acids is 3. The SMILES string of the molecule is CNC(=O)C(=O)N[C@@H](C)CN1CCC2(CC1)OC(=O)NN=C2c1cc(C#N)ccc1Br. The number of carbonyl (C=O) groups is 3. The highest BCUT2D eigenvalue weighted by Gasteiger charge is 2.46. The Bertz CT molecular complexity index is 965. The Morgan fingerprint density at radius 1 is 1.39 bits per heavy atom. The number of hydrogen-bond donors (Lipinski definition) is 3. The Labute approximate surface area is 188 Å². The minimum atomic E-state index is -0.913. The highest BCUT2D eigenvalue weighted by atomic mass is 79.9. The van der Waals surface area contributed by atoms with Crippen molar-refractivity contribution in [3.05, 3.63) is 33.8 Å². The van der Waals surface area contributed by atoms with Crippen LogP contribution in [0, 0.1) is 11.3 Å². The molecule has 0 unspecified atom stereocenters. The van der Waals surface area contributed by atoms with Gasteiger partial charge in [-0.2, -0.15) is 10.4 Å². The van der Waals surface area contributed by atoms with Gasteiger partial charge in [-0.05, 0) is 25.1 Å². The van der Waals surface area contributed by atoms with Crippen molar-refractivity contribution in [2.45, 2.75) is 31.4 Å². The molecular weight excluding hydrogens is 468 g/mol. The first-order valence-electron chi connectivity index (χ1n) is 9.80. The molecule has 10 nitrogen and oxygen atoms in total. The Balaban J connectivity index is 1.73. The maximum absolute atomic E-state index is 12.0. The molecule has 1 aromatic rings. The van der Waals surface area contributed by atoms with E-state index in [9.17, 15) is 19.6 Å². The van der Waals surface area contributed by atoms with E-state index in [-0.39, 0.29) is 6.04 Å². The molecule has 2 aliphatic rings. The number of nitrogens with one attached hydrogen (secondary N) is 3. The molecule has 1 saturated heterocycles.